The van der Waals surface area contributed by atoms with Crippen molar-refractivity contribution in [1.82, 2.24) is 15.2 Å². The van der Waals surface area contributed by atoms with Crippen LogP contribution in [0.2, 0.25) is 5.15 Å². The monoisotopic (exact) mass is 315 g/mol. The van der Waals surface area contributed by atoms with E-state index in [2.05, 4.69) is 15.2 Å². The molecule has 1 aliphatic heterocycles. The molecule has 0 bridgehead atoms. The summed E-state index contributed by atoms with van der Waals surface area (Å²) in [6.07, 6.45) is 3.29. The number of nitrogens with one attached hydrogen (secondary N) is 1. The molecule has 2 rings (SSSR count). The number of hydrogen-bond donors (Lipinski definition) is 1. The van der Waals surface area contributed by atoms with Crippen LogP contribution in [0.1, 0.15) is 23.2 Å². The number of pyridine rings is 1. The number of ether oxygens (including phenoxy) is 1. The number of nitrogens with zero attached hydrogens (tertiary/aromatic N) is 2. The zero-order valence-corrected chi connectivity index (χ0v) is 12.7. The maximum atomic E-state index is 13.4. The summed E-state index contributed by atoms with van der Waals surface area (Å²) in [4.78, 5) is 17.4. The first-order valence-electron chi connectivity index (χ1n) is 6.96. The van der Waals surface area contributed by atoms with Gasteiger partial charge in [0.05, 0.1) is 11.8 Å². The van der Waals surface area contributed by atoms with Crippen LogP contribution < -0.4 is 5.32 Å². The van der Waals surface area contributed by atoms with Gasteiger partial charge in [0.2, 0.25) is 0 Å². The fourth-order valence-corrected chi connectivity index (χ4v) is 2.48. The van der Waals surface area contributed by atoms with Gasteiger partial charge in [-0.1, -0.05) is 11.6 Å². The highest BCUT2D eigenvalue weighted by Crippen LogP contribution is 2.13. The fourth-order valence-electron chi connectivity index (χ4n) is 2.32. The lowest BCUT2D eigenvalue weighted by atomic mass is 10.2. The van der Waals surface area contributed by atoms with Crippen LogP contribution in [0.15, 0.2) is 12.3 Å². The van der Waals surface area contributed by atoms with E-state index in [-0.39, 0.29) is 17.3 Å². The average Bonchev–Trinajstić information content (AvgIpc) is 2.94. The van der Waals surface area contributed by atoms with E-state index in [0.717, 1.165) is 19.3 Å². The lowest BCUT2D eigenvalue weighted by molar-refractivity contribution is 0.0465. The quantitative estimate of drug-likeness (QED) is 0.640. The van der Waals surface area contributed by atoms with Crippen molar-refractivity contribution in [2.75, 3.05) is 33.3 Å². The van der Waals surface area contributed by atoms with Crippen molar-refractivity contribution in [2.45, 2.75) is 18.9 Å². The molecule has 21 heavy (non-hydrogen) atoms. The van der Waals surface area contributed by atoms with Crippen molar-refractivity contribution < 1.29 is 13.9 Å². The highest BCUT2D eigenvalue weighted by atomic mass is 35.5. The van der Waals surface area contributed by atoms with Crippen LogP contribution in [-0.2, 0) is 4.74 Å². The molecular formula is C14H19ClFN3O2. The smallest absolute Gasteiger partial charge is 0.341 e. The van der Waals surface area contributed by atoms with Crippen molar-refractivity contribution in [3.05, 3.63) is 28.8 Å². The lowest BCUT2D eigenvalue weighted by Gasteiger charge is -2.20. The van der Waals surface area contributed by atoms with Crippen LogP contribution in [-0.4, -0.2) is 55.2 Å². The molecule has 5 nitrogen and oxygen atoms in total. The Bertz CT molecular complexity index is 495. The maximum Gasteiger partial charge on any atom is 0.341 e. The van der Waals surface area contributed by atoms with Gasteiger partial charge >= 0.3 is 5.97 Å². The van der Waals surface area contributed by atoms with Gasteiger partial charge in [0.15, 0.2) is 5.82 Å². The normalized spacial score (nSPS) is 18.2. The van der Waals surface area contributed by atoms with Crippen molar-refractivity contribution in [1.29, 1.82) is 0 Å². The molecule has 1 unspecified atom stereocenters. The van der Waals surface area contributed by atoms with Crippen LogP contribution in [0.25, 0.3) is 0 Å². The number of carbonyl (C=O) groups is 1. The molecule has 0 spiro atoms. The Morgan fingerprint density at radius 3 is 3.19 bits per heavy atom. The molecule has 1 aromatic rings. The molecule has 1 aliphatic rings. The average molecular weight is 316 g/mol. The Kier molecular flexibility index (Phi) is 5.90. The third kappa shape index (κ3) is 4.91. The molecule has 0 aliphatic carbocycles. The molecule has 7 heteroatoms. The first kappa shape index (κ1) is 16.1. The zero-order chi connectivity index (χ0) is 15.2. The molecule has 1 saturated heterocycles. The highest BCUT2D eigenvalue weighted by molar-refractivity contribution is 6.29. The van der Waals surface area contributed by atoms with E-state index in [9.17, 15) is 9.18 Å². The Labute approximate surface area is 128 Å². The maximum absolute atomic E-state index is 13.4. The second kappa shape index (κ2) is 7.68. The Balaban J connectivity index is 1.74. The summed E-state index contributed by atoms with van der Waals surface area (Å²) in [5.74, 6) is -1.45. The number of esters is 1. The minimum atomic E-state index is -0.729. The van der Waals surface area contributed by atoms with Gasteiger partial charge in [0.25, 0.3) is 0 Å². The van der Waals surface area contributed by atoms with Gasteiger partial charge in [-0.15, -0.1) is 0 Å². The third-order valence-electron chi connectivity index (χ3n) is 3.44. The Hall–Kier alpha value is -1.24. The molecular weight excluding hydrogens is 297 g/mol. The molecule has 2 heterocycles. The largest absolute Gasteiger partial charge is 0.461 e. The van der Waals surface area contributed by atoms with Gasteiger partial charge in [0.1, 0.15) is 11.8 Å². The molecule has 1 fully saturated rings. The molecule has 116 valence electrons. The first-order chi connectivity index (χ1) is 10.1. The summed E-state index contributed by atoms with van der Waals surface area (Å²) in [5.41, 5.74) is -0.185. The van der Waals surface area contributed by atoms with E-state index < -0.39 is 11.8 Å². The number of aromatic nitrogens is 1. The first-order valence-corrected chi connectivity index (χ1v) is 7.34. The summed E-state index contributed by atoms with van der Waals surface area (Å²) in [6, 6.07) is 1.67. The second-order valence-corrected chi connectivity index (χ2v) is 5.57. The van der Waals surface area contributed by atoms with Crippen molar-refractivity contribution in [2.24, 2.45) is 0 Å². The highest BCUT2D eigenvalue weighted by Gasteiger charge is 2.17. The van der Waals surface area contributed by atoms with E-state index in [4.69, 9.17) is 16.3 Å². The van der Waals surface area contributed by atoms with Gasteiger partial charge in [-0.2, -0.15) is 0 Å². The summed E-state index contributed by atoms with van der Waals surface area (Å²) in [5, 5.41) is 3.47. The number of likely N-dealkylation sites (N-methyl/N-ethyl adjacent to an activating group) is 1. The number of halogens is 2. The number of hydrogen-bond acceptors (Lipinski definition) is 5. The van der Waals surface area contributed by atoms with Crippen LogP contribution in [0.3, 0.4) is 0 Å². The van der Waals surface area contributed by atoms with Gasteiger partial charge in [-0.3, -0.25) is 0 Å². The topological polar surface area (TPSA) is 54.5 Å². The standard InChI is InChI=1S/C14H19ClFN3O2/c1-19(9-10-3-2-4-17-10)5-6-21-14(20)11-7-13(15)18-8-12(11)16/h7-8,10,17H,2-6,9H2,1H3. The predicted octanol–water partition coefficient (Wildman–Crippen LogP) is 1.71. The zero-order valence-electron chi connectivity index (χ0n) is 11.9. The van der Waals surface area contributed by atoms with E-state index >= 15 is 0 Å². The third-order valence-corrected chi connectivity index (χ3v) is 3.65. The Morgan fingerprint density at radius 1 is 1.67 bits per heavy atom. The minimum Gasteiger partial charge on any atom is -0.461 e. The van der Waals surface area contributed by atoms with Gasteiger partial charge in [-0.05, 0) is 32.5 Å². The molecule has 0 aromatic carbocycles. The predicted molar refractivity (Wildman–Crippen MR) is 78.0 cm³/mol. The number of carbonyl (C=O) groups excluding carboxylic acids is 1. The van der Waals surface area contributed by atoms with E-state index in [0.29, 0.717) is 12.6 Å². The molecule has 1 atom stereocenters. The number of rotatable bonds is 6. The summed E-state index contributed by atoms with van der Waals surface area (Å²) < 4.78 is 18.5. The van der Waals surface area contributed by atoms with E-state index in [1.165, 1.54) is 18.9 Å². The fraction of sp³-hybridized carbons (Fsp3) is 0.571. The molecule has 1 aromatic heterocycles. The van der Waals surface area contributed by atoms with Gasteiger partial charge in [0, 0.05) is 19.1 Å². The van der Waals surface area contributed by atoms with Crippen LogP contribution in [0, 0.1) is 5.82 Å². The van der Waals surface area contributed by atoms with E-state index in [1.807, 2.05) is 7.05 Å². The van der Waals surface area contributed by atoms with Crippen LogP contribution >= 0.6 is 11.6 Å². The van der Waals surface area contributed by atoms with Gasteiger partial charge in [-0.25, -0.2) is 14.2 Å². The van der Waals surface area contributed by atoms with Crippen molar-refractivity contribution >= 4 is 17.6 Å². The summed E-state index contributed by atoms with van der Waals surface area (Å²) >= 11 is 5.64. The molecule has 0 amide bonds. The summed E-state index contributed by atoms with van der Waals surface area (Å²) in [6.45, 7) is 2.79. The van der Waals surface area contributed by atoms with Crippen molar-refractivity contribution in [3.63, 3.8) is 0 Å². The van der Waals surface area contributed by atoms with E-state index in [1.54, 1.807) is 0 Å². The van der Waals surface area contributed by atoms with Gasteiger partial charge < -0.3 is 15.0 Å². The SMILES string of the molecule is CN(CCOC(=O)c1cc(Cl)ncc1F)CC1CCCN1. The van der Waals surface area contributed by atoms with Crippen LogP contribution in [0.5, 0.6) is 0 Å². The minimum absolute atomic E-state index is 0.0628. The Morgan fingerprint density at radius 2 is 2.48 bits per heavy atom. The second-order valence-electron chi connectivity index (χ2n) is 5.18. The van der Waals surface area contributed by atoms with Crippen LogP contribution in [0.4, 0.5) is 4.39 Å². The molecule has 0 radical (unpaired) electrons. The van der Waals surface area contributed by atoms with Crippen molar-refractivity contribution in [3.8, 4) is 0 Å². The molecule has 0 saturated carbocycles. The molecule has 1 N–H and O–H groups in total. The lowest BCUT2D eigenvalue weighted by Crippen LogP contribution is -2.37. The summed E-state index contributed by atoms with van der Waals surface area (Å²) in [7, 11) is 1.97.